The molecule has 0 bridgehead atoms. The lowest BCUT2D eigenvalue weighted by Gasteiger charge is -2.29. The molecule has 0 saturated heterocycles. The Morgan fingerprint density at radius 3 is 2.75 bits per heavy atom. The molecule has 1 saturated carbocycles. The van der Waals surface area contributed by atoms with E-state index in [1.807, 2.05) is 0 Å². The van der Waals surface area contributed by atoms with Crippen LogP contribution in [-0.4, -0.2) is 30.3 Å². The van der Waals surface area contributed by atoms with Crippen LogP contribution in [-0.2, 0) is 23.6 Å². The number of nitrogens with two attached hydrogens (primary N) is 1. The standard InChI is InChI=1S/C15H27N5O3S/c1-4-11-6-5-7-12(8-11)18-15(21)17-9-13-14(24(16,22)23)10(2)20(3)19-13/h11-12H,4-9H2,1-3H3,(H2,16,22,23)(H2,17,18,21). The zero-order chi connectivity index (χ0) is 17.9. The largest absolute Gasteiger partial charge is 0.335 e. The van der Waals surface area contributed by atoms with Gasteiger partial charge in [0, 0.05) is 13.1 Å². The number of sulfonamides is 1. The smallest absolute Gasteiger partial charge is 0.315 e. The quantitative estimate of drug-likeness (QED) is 0.732. The molecule has 2 rings (SSSR count). The number of nitrogens with zero attached hydrogens (tertiary/aromatic N) is 2. The van der Waals surface area contributed by atoms with E-state index in [4.69, 9.17) is 5.14 Å². The predicted molar refractivity (Wildman–Crippen MR) is 90.7 cm³/mol. The number of primary sulfonamides is 1. The highest BCUT2D eigenvalue weighted by Gasteiger charge is 2.24. The van der Waals surface area contributed by atoms with E-state index in [2.05, 4.69) is 22.7 Å². The fourth-order valence-electron chi connectivity index (χ4n) is 3.34. The van der Waals surface area contributed by atoms with Gasteiger partial charge in [0.15, 0.2) is 0 Å². The molecule has 0 aromatic carbocycles. The fraction of sp³-hybridized carbons (Fsp3) is 0.733. The second-order valence-electron chi connectivity index (χ2n) is 6.49. The molecular weight excluding hydrogens is 330 g/mol. The van der Waals surface area contributed by atoms with Gasteiger partial charge in [-0.25, -0.2) is 18.4 Å². The number of carbonyl (C=O) groups excluding carboxylic acids is 1. The molecule has 2 unspecified atom stereocenters. The van der Waals surface area contributed by atoms with Crippen molar-refractivity contribution in [1.82, 2.24) is 20.4 Å². The first-order chi connectivity index (χ1) is 11.2. The van der Waals surface area contributed by atoms with Crippen molar-refractivity contribution in [3.63, 3.8) is 0 Å². The van der Waals surface area contributed by atoms with Crippen molar-refractivity contribution in [3.8, 4) is 0 Å². The zero-order valence-electron chi connectivity index (χ0n) is 14.5. The number of nitrogens with one attached hydrogen (secondary N) is 2. The van der Waals surface area contributed by atoms with Gasteiger partial charge in [-0.2, -0.15) is 5.10 Å². The van der Waals surface area contributed by atoms with Crippen molar-refractivity contribution in [2.24, 2.45) is 18.1 Å². The van der Waals surface area contributed by atoms with Gasteiger partial charge in [-0.1, -0.05) is 26.2 Å². The summed E-state index contributed by atoms with van der Waals surface area (Å²) in [5, 5.41) is 15.0. The minimum absolute atomic E-state index is 0.0171. The van der Waals surface area contributed by atoms with Crippen LogP contribution in [0.25, 0.3) is 0 Å². The normalized spacial score (nSPS) is 21.5. The first-order valence-electron chi connectivity index (χ1n) is 8.32. The zero-order valence-corrected chi connectivity index (χ0v) is 15.3. The van der Waals surface area contributed by atoms with Crippen molar-refractivity contribution in [2.75, 3.05) is 0 Å². The molecule has 1 aromatic rings. The summed E-state index contributed by atoms with van der Waals surface area (Å²) in [4.78, 5) is 12.1. The van der Waals surface area contributed by atoms with Crippen LogP contribution in [0.3, 0.4) is 0 Å². The average Bonchev–Trinajstić information content (AvgIpc) is 2.80. The topological polar surface area (TPSA) is 119 Å². The van der Waals surface area contributed by atoms with E-state index in [1.54, 1.807) is 14.0 Å². The number of hydrogen-bond donors (Lipinski definition) is 3. The summed E-state index contributed by atoms with van der Waals surface area (Å²) in [5.74, 6) is 0.663. The number of aromatic nitrogens is 2. The Hall–Kier alpha value is -1.61. The number of hydrogen-bond acceptors (Lipinski definition) is 4. The monoisotopic (exact) mass is 357 g/mol. The highest BCUT2D eigenvalue weighted by molar-refractivity contribution is 7.89. The van der Waals surface area contributed by atoms with Crippen molar-refractivity contribution >= 4 is 16.1 Å². The van der Waals surface area contributed by atoms with Gasteiger partial charge in [-0.3, -0.25) is 4.68 Å². The minimum Gasteiger partial charge on any atom is -0.335 e. The number of carbonyl (C=O) groups is 1. The number of urea groups is 1. The van der Waals surface area contributed by atoms with Gasteiger partial charge in [0.2, 0.25) is 10.0 Å². The molecule has 1 fully saturated rings. The van der Waals surface area contributed by atoms with Gasteiger partial charge in [0.05, 0.1) is 12.2 Å². The third-order valence-corrected chi connectivity index (χ3v) is 5.84. The Bertz CT molecular complexity index is 698. The average molecular weight is 357 g/mol. The van der Waals surface area contributed by atoms with Crippen LogP contribution in [0.2, 0.25) is 0 Å². The molecule has 24 heavy (non-hydrogen) atoms. The molecule has 1 heterocycles. The second-order valence-corrected chi connectivity index (χ2v) is 7.99. The van der Waals surface area contributed by atoms with E-state index in [-0.39, 0.29) is 29.2 Å². The Morgan fingerprint density at radius 1 is 1.42 bits per heavy atom. The van der Waals surface area contributed by atoms with E-state index < -0.39 is 10.0 Å². The number of rotatable bonds is 5. The maximum Gasteiger partial charge on any atom is 0.315 e. The molecule has 2 amide bonds. The summed E-state index contributed by atoms with van der Waals surface area (Å²) in [6, 6.07) is -0.132. The van der Waals surface area contributed by atoms with Gasteiger partial charge in [0.25, 0.3) is 0 Å². The highest BCUT2D eigenvalue weighted by atomic mass is 32.2. The van der Waals surface area contributed by atoms with E-state index in [9.17, 15) is 13.2 Å². The third-order valence-electron chi connectivity index (χ3n) is 4.74. The van der Waals surface area contributed by atoms with Crippen LogP contribution >= 0.6 is 0 Å². The Kier molecular flexibility index (Phi) is 5.87. The predicted octanol–water partition coefficient (Wildman–Crippen LogP) is 1.14. The van der Waals surface area contributed by atoms with Crippen LogP contribution in [0.4, 0.5) is 4.79 Å². The fourth-order valence-corrected chi connectivity index (χ4v) is 4.32. The maximum absolute atomic E-state index is 12.1. The van der Waals surface area contributed by atoms with Crippen LogP contribution in [0.5, 0.6) is 0 Å². The second kappa shape index (κ2) is 7.52. The maximum atomic E-state index is 12.1. The number of amides is 2. The van der Waals surface area contributed by atoms with Crippen LogP contribution in [0.15, 0.2) is 4.90 Å². The molecular formula is C15H27N5O3S. The third kappa shape index (κ3) is 4.47. The van der Waals surface area contributed by atoms with E-state index >= 15 is 0 Å². The van der Waals surface area contributed by atoms with E-state index in [0.717, 1.165) is 25.7 Å². The van der Waals surface area contributed by atoms with Crippen LogP contribution in [0, 0.1) is 12.8 Å². The SMILES string of the molecule is CCC1CCCC(NC(=O)NCc2nn(C)c(C)c2S(N)(=O)=O)C1. The molecule has 0 spiro atoms. The van der Waals surface area contributed by atoms with Gasteiger partial charge < -0.3 is 10.6 Å². The van der Waals surface area contributed by atoms with E-state index in [0.29, 0.717) is 11.6 Å². The van der Waals surface area contributed by atoms with Crippen molar-refractivity contribution < 1.29 is 13.2 Å². The molecule has 136 valence electrons. The lowest BCUT2D eigenvalue weighted by Crippen LogP contribution is -2.44. The minimum atomic E-state index is -3.88. The first-order valence-corrected chi connectivity index (χ1v) is 9.86. The summed E-state index contributed by atoms with van der Waals surface area (Å²) in [6.07, 6.45) is 5.45. The molecule has 2 atom stereocenters. The summed E-state index contributed by atoms with van der Waals surface area (Å²) >= 11 is 0. The van der Waals surface area contributed by atoms with Crippen LogP contribution < -0.4 is 15.8 Å². The van der Waals surface area contributed by atoms with Gasteiger partial charge in [0.1, 0.15) is 10.6 Å². The van der Waals surface area contributed by atoms with E-state index in [1.165, 1.54) is 11.1 Å². The molecule has 4 N–H and O–H groups in total. The lowest BCUT2D eigenvalue weighted by atomic mass is 9.84. The summed E-state index contributed by atoms with van der Waals surface area (Å²) in [5.41, 5.74) is 0.704. The summed E-state index contributed by atoms with van der Waals surface area (Å²) in [7, 11) is -2.24. The molecule has 1 aliphatic rings. The molecule has 9 heteroatoms. The first kappa shape index (κ1) is 18.7. The molecule has 1 aromatic heterocycles. The van der Waals surface area contributed by atoms with Crippen molar-refractivity contribution in [1.29, 1.82) is 0 Å². The summed E-state index contributed by atoms with van der Waals surface area (Å²) < 4.78 is 24.9. The summed E-state index contributed by atoms with van der Waals surface area (Å²) in [6.45, 7) is 3.82. The van der Waals surface area contributed by atoms with Gasteiger partial charge in [-0.15, -0.1) is 0 Å². The Morgan fingerprint density at radius 2 is 2.12 bits per heavy atom. The highest BCUT2D eigenvalue weighted by Crippen LogP contribution is 2.26. The lowest BCUT2D eigenvalue weighted by molar-refractivity contribution is 0.224. The van der Waals surface area contributed by atoms with Gasteiger partial charge in [-0.05, 0) is 25.7 Å². The van der Waals surface area contributed by atoms with Crippen molar-refractivity contribution in [3.05, 3.63) is 11.4 Å². The Balaban J connectivity index is 1.96. The Labute approximate surface area is 143 Å². The molecule has 0 aliphatic heterocycles. The molecule has 0 radical (unpaired) electrons. The van der Waals surface area contributed by atoms with Crippen molar-refractivity contribution in [2.45, 2.75) is 63.4 Å². The molecule has 8 nitrogen and oxygen atoms in total. The van der Waals surface area contributed by atoms with Crippen LogP contribution in [0.1, 0.15) is 50.4 Å². The molecule has 1 aliphatic carbocycles. The number of aryl methyl sites for hydroxylation is 1. The van der Waals surface area contributed by atoms with Gasteiger partial charge >= 0.3 is 6.03 Å².